The smallest absolute Gasteiger partial charge is 0.268 e. The summed E-state index contributed by atoms with van der Waals surface area (Å²) in [6.07, 6.45) is 0.653. The minimum atomic E-state index is -3.85. The summed E-state index contributed by atoms with van der Waals surface area (Å²) in [5.41, 5.74) is 4.52. The van der Waals surface area contributed by atoms with E-state index in [2.05, 4.69) is 10.1 Å². The Morgan fingerprint density at radius 2 is 1.79 bits per heavy atom. The topological polar surface area (TPSA) is 105 Å². The molecule has 1 N–H and O–H groups in total. The molecule has 0 saturated carbocycles. The van der Waals surface area contributed by atoms with Crippen LogP contribution in [0.1, 0.15) is 68.9 Å². The molecule has 1 aliphatic rings. The van der Waals surface area contributed by atoms with Gasteiger partial charge in [0.25, 0.3) is 10.0 Å². The van der Waals surface area contributed by atoms with E-state index in [0.29, 0.717) is 52.6 Å². The minimum absolute atomic E-state index is 0.113. The van der Waals surface area contributed by atoms with Gasteiger partial charge in [0, 0.05) is 17.8 Å². The number of anilines is 1. The van der Waals surface area contributed by atoms with E-state index in [1.165, 1.54) is 15.9 Å². The third-order valence-electron chi connectivity index (χ3n) is 6.43. The van der Waals surface area contributed by atoms with E-state index in [4.69, 9.17) is 0 Å². The number of nitrogens with zero attached hydrogens (tertiary/aromatic N) is 3. The van der Waals surface area contributed by atoms with E-state index in [1.54, 1.807) is 34.6 Å². The Hall–Kier alpha value is -3.20. The number of carbonyl (C=O) groups excluding carboxylic acids is 2. The Balaban J connectivity index is 1.73. The molecule has 33 heavy (non-hydrogen) atoms. The van der Waals surface area contributed by atoms with Crippen molar-refractivity contribution in [2.45, 2.75) is 58.9 Å². The second-order valence-electron chi connectivity index (χ2n) is 8.62. The van der Waals surface area contributed by atoms with Crippen LogP contribution in [0.4, 0.5) is 5.69 Å². The molecule has 0 saturated heterocycles. The SMILES string of the molecule is CC(=O)c1c(C)[nH]c(C(=O)[C@H](C)n2nc(C)c(S(=O)(=O)N3CCc4ccccc43)c2C)c1C. The molecule has 0 fully saturated rings. The first-order valence-corrected chi connectivity index (χ1v) is 12.3. The first kappa shape index (κ1) is 23.0. The second-order valence-corrected chi connectivity index (χ2v) is 10.4. The number of aryl methyl sites for hydroxylation is 2. The van der Waals surface area contributed by atoms with Crippen LogP contribution in [0.2, 0.25) is 0 Å². The van der Waals surface area contributed by atoms with Gasteiger partial charge in [0.15, 0.2) is 5.78 Å². The van der Waals surface area contributed by atoms with Crippen LogP contribution in [0.25, 0.3) is 0 Å². The molecular weight excluding hydrogens is 440 g/mol. The van der Waals surface area contributed by atoms with Gasteiger partial charge < -0.3 is 4.98 Å². The number of sulfonamides is 1. The molecule has 1 aromatic carbocycles. The van der Waals surface area contributed by atoms with Crippen LogP contribution in [0.3, 0.4) is 0 Å². The lowest BCUT2D eigenvalue weighted by Gasteiger charge is -2.20. The van der Waals surface area contributed by atoms with Crippen LogP contribution >= 0.6 is 0 Å². The Bertz CT molecular complexity index is 1400. The number of nitrogens with one attached hydrogen (secondary N) is 1. The van der Waals surface area contributed by atoms with Crippen molar-refractivity contribution < 1.29 is 18.0 Å². The van der Waals surface area contributed by atoms with Crippen molar-refractivity contribution in [1.29, 1.82) is 0 Å². The predicted molar refractivity (Wildman–Crippen MR) is 126 cm³/mol. The molecule has 0 amide bonds. The maximum atomic E-state index is 13.6. The summed E-state index contributed by atoms with van der Waals surface area (Å²) in [5, 5.41) is 4.45. The van der Waals surface area contributed by atoms with Gasteiger partial charge in [0.1, 0.15) is 10.9 Å². The average molecular weight is 469 g/mol. The first-order valence-electron chi connectivity index (χ1n) is 10.9. The number of hydrogen-bond acceptors (Lipinski definition) is 5. The van der Waals surface area contributed by atoms with Crippen molar-refractivity contribution in [2.24, 2.45) is 0 Å². The molecule has 0 spiro atoms. The van der Waals surface area contributed by atoms with E-state index in [1.807, 2.05) is 24.3 Å². The van der Waals surface area contributed by atoms with Gasteiger partial charge >= 0.3 is 0 Å². The van der Waals surface area contributed by atoms with E-state index >= 15 is 0 Å². The highest BCUT2D eigenvalue weighted by Crippen LogP contribution is 2.35. The highest BCUT2D eigenvalue weighted by atomic mass is 32.2. The number of para-hydroxylation sites is 1. The maximum Gasteiger partial charge on any atom is 0.268 e. The van der Waals surface area contributed by atoms with Crippen LogP contribution in [-0.2, 0) is 16.4 Å². The summed E-state index contributed by atoms with van der Waals surface area (Å²) in [6.45, 7) is 10.3. The number of carbonyl (C=O) groups is 2. The summed E-state index contributed by atoms with van der Waals surface area (Å²) < 4.78 is 30.2. The average Bonchev–Trinajstić information content (AvgIpc) is 3.40. The summed E-state index contributed by atoms with van der Waals surface area (Å²) >= 11 is 0. The number of rotatable bonds is 6. The molecule has 3 heterocycles. The molecule has 174 valence electrons. The Morgan fingerprint density at radius 1 is 1.12 bits per heavy atom. The quantitative estimate of drug-likeness (QED) is 0.554. The predicted octanol–water partition coefficient (Wildman–Crippen LogP) is 3.84. The number of fused-ring (bicyclic) bond motifs is 1. The Kier molecular flexibility index (Phi) is 5.56. The summed E-state index contributed by atoms with van der Waals surface area (Å²) in [6, 6.07) is 6.72. The van der Waals surface area contributed by atoms with Gasteiger partial charge in [-0.1, -0.05) is 18.2 Å². The molecule has 1 aliphatic heterocycles. The number of ketones is 2. The highest BCUT2D eigenvalue weighted by molar-refractivity contribution is 7.93. The van der Waals surface area contributed by atoms with Crippen molar-refractivity contribution in [3.63, 3.8) is 0 Å². The molecular formula is C24H28N4O4S. The fraction of sp³-hybridized carbons (Fsp3) is 0.375. The third-order valence-corrected chi connectivity index (χ3v) is 8.50. The second kappa shape index (κ2) is 7.98. The zero-order chi connectivity index (χ0) is 24.2. The highest BCUT2D eigenvalue weighted by Gasteiger charge is 2.36. The van der Waals surface area contributed by atoms with Crippen molar-refractivity contribution in [1.82, 2.24) is 14.8 Å². The van der Waals surface area contributed by atoms with Crippen LogP contribution in [0.15, 0.2) is 29.2 Å². The fourth-order valence-corrected chi connectivity index (χ4v) is 6.78. The third kappa shape index (κ3) is 3.51. The van der Waals surface area contributed by atoms with Gasteiger partial charge in [-0.3, -0.25) is 18.6 Å². The van der Waals surface area contributed by atoms with Crippen LogP contribution in [-0.4, -0.2) is 41.3 Å². The zero-order valence-electron chi connectivity index (χ0n) is 19.7. The minimum Gasteiger partial charge on any atom is -0.355 e. The molecule has 4 rings (SSSR count). The van der Waals surface area contributed by atoms with Crippen LogP contribution in [0, 0.1) is 27.7 Å². The van der Waals surface area contributed by atoms with Crippen LogP contribution < -0.4 is 4.31 Å². The molecule has 8 nitrogen and oxygen atoms in total. The van der Waals surface area contributed by atoms with Gasteiger partial charge in [-0.2, -0.15) is 5.10 Å². The maximum absolute atomic E-state index is 13.6. The van der Waals surface area contributed by atoms with E-state index in [0.717, 1.165) is 5.56 Å². The molecule has 2 aromatic heterocycles. The van der Waals surface area contributed by atoms with Crippen LogP contribution in [0.5, 0.6) is 0 Å². The standard InChI is InChI=1S/C24H28N4O4S/c1-13-21(18(6)29)14(2)25-22(13)23(30)16(4)28-17(5)24(15(3)26-28)33(31,32)27-12-11-19-9-7-8-10-20(19)27/h7-10,16,25H,11-12H2,1-6H3/t16-/m0/s1. The summed E-state index contributed by atoms with van der Waals surface area (Å²) in [7, 11) is -3.85. The molecule has 3 aromatic rings. The van der Waals surface area contributed by atoms with Crippen molar-refractivity contribution in [2.75, 3.05) is 10.8 Å². The number of H-pyrrole nitrogens is 1. The molecule has 0 radical (unpaired) electrons. The van der Waals surface area contributed by atoms with Gasteiger partial charge in [-0.15, -0.1) is 0 Å². The van der Waals surface area contributed by atoms with Gasteiger partial charge in [0.2, 0.25) is 5.78 Å². The Labute approximate surface area is 193 Å². The van der Waals surface area contributed by atoms with E-state index in [-0.39, 0.29) is 16.5 Å². The summed E-state index contributed by atoms with van der Waals surface area (Å²) in [5.74, 6) is -0.373. The number of Topliss-reactive ketones (excluding diaryl/α,β-unsaturated/α-hetero) is 2. The number of aromatic amines is 1. The fourth-order valence-electron chi connectivity index (χ4n) is 4.91. The number of hydrogen-bond donors (Lipinski definition) is 1. The normalized spacial score (nSPS) is 14.4. The molecule has 9 heteroatoms. The molecule has 1 atom stereocenters. The lowest BCUT2D eigenvalue weighted by atomic mass is 10.0. The van der Waals surface area contributed by atoms with E-state index in [9.17, 15) is 18.0 Å². The first-order chi connectivity index (χ1) is 15.5. The van der Waals surface area contributed by atoms with Gasteiger partial charge in [-0.05, 0) is 65.2 Å². The monoisotopic (exact) mass is 468 g/mol. The van der Waals surface area contributed by atoms with Crippen molar-refractivity contribution in [3.8, 4) is 0 Å². The zero-order valence-corrected chi connectivity index (χ0v) is 20.5. The molecule has 0 aliphatic carbocycles. The van der Waals surface area contributed by atoms with Crippen molar-refractivity contribution >= 4 is 27.3 Å². The molecule has 0 bridgehead atoms. The number of aromatic nitrogens is 3. The van der Waals surface area contributed by atoms with Gasteiger partial charge in [-0.25, -0.2) is 8.42 Å². The lowest BCUT2D eigenvalue weighted by Crippen LogP contribution is -2.30. The van der Waals surface area contributed by atoms with Gasteiger partial charge in [0.05, 0.1) is 22.8 Å². The lowest BCUT2D eigenvalue weighted by molar-refractivity contribution is 0.0921. The summed E-state index contributed by atoms with van der Waals surface area (Å²) in [4.78, 5) is 28.5. The molecule has 0 unspecified atom stereocenters. The Morgan fingerprint density at radius 3 is 2.42 bits per heavy atom. The van der Waals surface area contributed by atoms with Crippen molar-refractivity contribution in [3.05, 3.63) is 63.7 Å². The number of benzene rings is 1. The van der Waals surface area contributed by atoms with E-state index < -0.39 is 16.1 Å². The largest absolute Gasteiger partial charge is 0.355 e.